The van der Waals surface area contributed by atoms with Gasteiger partial charge in [0.2, 0.25) is 0 Å². The molecular weight excluding hydrogens is 232 g/mol. The highest BCUT2D eigenvalue weighted by Gasteiger charge is 2.24. The van der Waals surface area contributed by atoms with Crippen molar-refractivity contribution in [2.45, 2.75) is 18.7 Å². The molecule has 0 radical (unpaired) electrons. The summed E-state index contributed by atoms with van der Waals surface area (Å²) in [6.45, 7) is 4.55. The van der Waals surface area contributed by atoms with Gasteiger partial charge in [0.25, 0.3) is 0 Å². The summed E-state index contributed by atoms with van der Waals surface area (Å²) in [5.41, 5.74) is 2.27. The molecule has 0 unspecified atom stereocenters. The van der Waals surface area contributed by atoms with E-state index in [1.54, 1.807) is 24.8 Å². The van der Waals surface area contributed by atoms with Crippen molar-refractivity contribution in [1.29, 1.82) is 0 Å². The zero-order valence-corrected chi connectivity index (χ0v) is 11.1. The molecule has 0 atom stereocenters. The van der Waals surface area contributed by atoms with E-state index in [1.165, 1.54) is 10.6 Å². The molecule has 1 aliphatic heterocycles. The van der Waals surface area contributed by atoms with Crippen molar-refractivity contribution in [2.24, 2.45) is 0 Å². The minimum absolute atomic E-state index is 0.0904. The number of fused-ring (bicyclic) bond motifs is 1. The zero-order valence-electron chi connectivity index (χ0n) is 10.3. The largest absolute Gasteiger partial charge is 0.388 e. The van der Waals surface area contributed by atoms with Crippen LogP contribution in [0.3, 0.4) is 0 Å². The lowest BCUT2D eigenvalue weighted by Crippen LogP contribution is -2.17. The van der Waals surface area contributed by atoms with E-state index in [9.17, 15) is 4.79 Å². The van der Waals surface area contributed by atoms with Crippen LogP contribution in [0.25, 0.3) is 0 Å². The average Bonchev–Trinajstić information content (AvgIpc) is 2.63. The van der Waals surface area contributed by atoms with Crippen molar-refractivity contribution in [2.75, 3.05) is 23.8 Å². The molecule has 0 bridgehead atoms. The monoisotopic (exact) mass is 248 g/mol. The van der Waals surface area contributed by atoms with Crippen LogP contribution in [0.2, 0.25) is 0 Å². The molecular formula is C13H16N2OS. The van der Waals surface area contributed by atoms with E-state index in [4.69, 9.17) is 0 Å². The molecule has 17 heavy (non-hydrogen) atoms. The zero-order chi connectivity index (χ0) is 12.4. The van der Waals surface area contributed by atoms with E-state index in [0.717, 1.165) is 17.3 Å². The predicted octanol–water partition coefficient (Wildman–Crippen LogP) is 3.09. The fourth-order valence-corrected chi connectivity index (χ4v) is 3.06. The number of carbonyl (C=O) groups excluding carboxylic acids is 1. The van der Waals surface area contributed by atoms with Gasteiger partial charge in [-0.15, -0.1) is 0 Å². The molecule has 4 heteroatoms. The third-order valence-electron chi connectivity index (χ3n) is 2.66. The van der Waals surface area contributed by atoms with E-state index in [-0.39, 0.29) is 5.78 Å². The summed E-state index contributed by atoms with van der Waals surface area (Å²) in [6.07, 6.45) is 1.70. The quantitative estimate of drug-likeness (QED) is 0.833. The second-order valence-corrected chi connectivity index (χ2v) is 4.93. The first-order valence-electron chi connectivity index (χ1n) is 5.65. The van der Waals surface area contributed by atoms with Crippen LogP contribution < -0.4 is 10.2 Å². The maximum Gasteiger partial charge on any atom is 0.155 e. The van der Waals surface area contributed by atoms with Crippen molar-refractivity contribution in [3.8, 4) is 0 Å². The highest BCUT2D eigenvalue weighted by Crippen LogP contribution is 2.46. The lowest BCUT2D eigenvalue weighted by Gasteiger charge is -2.18. The summed E-state index contributed by atoms with van der Waals surface area (Å²) in [4.78, 5) is 14.6. The van der Waals surface area contributed by atoms with Crippen LogP contribution in [0, 0.1) is 0 Å². The lowest BCUT2D eigenvalue weighted by atomic mass is 10.2. The second kappa shape index (κ2) is 4.84. The number of ketones is 1. The normalized spacial score (nSPS) is 16.2. The number of benzene rings is 1. The van der Waals surface area contributed by atoms with Crippen molar-refractivity contribution in [3.63, 3.8) is 0 Å². The third-order valence-corrected chi connectivity index (χ3v) is 3.77. The van der Waals surface area contributed by atoms with E-state index < -0.39 is 0 Å². The van der Waals surface area contributed by atoms with E-state index >= 15 is 0 Å². The first-order valence-corrected chi connectivity index (χ1v) is 6.46. The SMILES string of the molecule is CCN1C(=CC(C)=O)Sc2ccc(NC)cc21. The van der Waals surface area contributed by atoms with Gasteiger partial charge in [0, 0.05) is 30.3 Å². The number of allylic oxidation sites excluding steroid dienone is 1. The minimum atomic E-state index is 0.0904. The van der Waals surface area contributed by atoms with Gasteiger partial charge in [-0.3, -0.25) is 4.79 Å². The topological polar surface area (TPSA) is 32.3 Å². The maximum absolute atomic E-state index is 11.2. The minimum Gasteiger partial charge on any atom is -0.388 e. The first kappa shape index (κ1) is 12.0. The first-order chi connectivity index (χ1) is 8.15. The van der Waals surface area contributed by atoms with Gasteiger partial charge in [-0.1, -0.05) is 11.8 Å². The Hall–Kier alpha value is -1.42. The summed E-state index contributed by atoms with van der Waals surface area (Å²) in [6, 6.07) is 6.26. The molecule has 0 fully saturated rings. The molecule has 90 valence electrons. The van der Waals surface area contributed by atoms with Crippen LogP contribution in [0.5, 0.6) is 0 Å². The molecule has 0 amide bonds. The van der Waals surface area contributed by atoms with E-state index in [2.05, 4.69) is 35.3 Å². The number of rotatable bonds is 3. The Bertz CT molecular complexity index is 482. The molecule has 0 saturated heterocycles. The number of nitrogens with one attached hydrogen (secondary N) is 1. The average molecular weight is 248 g/mol. The van der Waals surface area contributed by atoms with Crippen LogP contribution in [0.1, 0.15) is 13.8 Å². The summed E-state index contributed by atoms with van der Waals surface area (Å²) in [7, 11) is 1.91. The van der Waals surface area contributed by atoms with Crippen molar-refractivity contribution >= 4 is 28.9 Å². The highest BCUT2D eigenvalue weighted by molar-refractivity contribution is 8.03. The molecule has 1 N–H and O–H groups in total. The standard InChI is InChI=1S/C13H16N2OS/c1-4-15-11-8-10(14-3)5-6-12(11)17-13(15)7-9(2)16/h5-8,14H,4H2,1-3H3. The lowest BCUT2D eigenvalue weighted by molar-refractivity contribution is -0.112. The molecule has 1 aromatic carbocycles. The highest BCUT2D eigenvalue weighted by atomic mass is 32.2. The molecule has 0 aliphatic carbocycles. The molecule has 3 nitrogen and oxygen atoms in total. The van der Waals surface area contributed by atoms with Crippen LogP contribution in [0.4, 0.5) is 11.4 Å². The Morgan fingerprint density at radius 2 is 2.29 bits per heavy atom. The molecule has 1 heterocycles. The number of thioether (sulfide) groups is 1. The van der Waals surface area contributed by atoms with Gasteiger partial charge >= 0.3 is 0 Å². The smallest absolute Gasteiger partial charge is 0.155 e. The number of anilines is 2. The summed E-state index contributed by atoms with van der Waals surface area (Å²) in [5, 5.41) is 4.15. The molecule has 0 spiro atoms. The van der Waals surface area contributed by atoms with E-state index in [0.29, 0.717) is 0 Å². The Morgan fingerprint density at radius 3 is 2.88 bits per heavy atom. The predicted molar refractivity (Wildman–Crippen MR) is 73.6 cm³/mol. The van der Waals surface area contributed by atoms with Gasteiger partial charge in [0.15, 0.2) is 5.78 Å². The summed E-state index contributed by atoms with van der Waals surface area (Å²) < 4.78 is 0. The van der Waals surface area contributed by atoms with Crippen molar-refractivity contribution in [1.82, 2.24) is 0 Å². The van der Waals surface area contributed by atoms with Crippen molar-refractivity contribution < 1.29 is 4.79 Å². The number of carbonyl (C=O) groups is 1. The number of nitrogens with zero attached hydrogens (tertiary/aromatic N) is 1. The van der Waals surface area contributed by atoms with Gasteiger partial charge in [0.1, 0.15) is 0 Å². The Labute approximate surface area is 106 Å². The summed E-state index contributed by atoms with van der Waals surface area (Å²) >= 11 is 1.65. The number of hydrogen-bond donors (Lipinski definition) is 1. The van der Waals surface area contributed by atoms with Gasteiger partial charge in [-0.05, 0) is 32.0 Å². The van der Waals surface area contributed by atoms with E-state index in [1.807, 2.05) is 7.05 Å². The van der Waals surface area contributed by atoms with Crippen LogP contribution in [0.15, 0.2) is 34.2 Å². The molecule has 0 aromatic heterocycles. The molecule has 2 rings (SSSR count). The van der Waals surface area contributed by atoms with Gasteiger partial charge in [-0.25, -0.2) is 0 Å². The van der Waals surface area contributed by atoms with Crippen LogP contribution in [-0.2, 0) is 4.79 Å². The third kappa shape index (κ3) is 2.31. The number of hydrogen-bond acceptors (Lipinski definition) is 4. The van der Waals surface area contributed by atoms with Crippen molar-refractivity contribution in [3.05, 3.63) is 29.3 Å². The van der Waals surface area contributed by atoms with Crippen LogP contribution in [-0.4, -0.2) is 19.4 Å². The maximum atomic E-state index is 11.2. The van der Waals surface area contributed by atoms with Gasteiger partial charge < -0.3 is 10.2 Å². The fourth-order valence-electron chi connectivity index (χ4n) is 1.86. The fraction of sp³-hybridized carbons (Fsp3) is 0.308. The molecule has 0 saturated carbocycles. The van der Waals surface area contributed by atoms with Crippen LogP contribution >= 0.6 is 11.8 Å². The second-order valence-electron chi connectivity index (χ2n) is 3.87. The molecule has 1 aliphatic rings. The summed E-state index contributed by atoms with van der Waals surface area (Å²) in [5.74, 6) is 0.0904. The Balaban J connectivity index is 2.42. The Kier molecular flexibility index (Phi) is 3.43. The molecule has 1 aromatic rings. The van der Waals surface area contributed by atoms with Gasteiger partial charge in [-0.2, -0.15) is 0 Å². The Morgan fingerprint density at radius 1 is 1.53 bits per heavy atom. The van der Waals surface area contributed by atoms with Gasteiger partial charge in [0.05, 0.1) is 10.7 Å².